The molecule has 0 aliphatic rings. The van der Waals surface area contributed by atoms with Crippen molar-refractivity contribution in [1.29, 1.82) is 0 Å². The molecule has 0 atom stereocenters. The predicted octanol–water partition coefficient (Wildman–Crippen LogP) is 0.489. The second-order valence-corrected chi connectivity index (χ2v) is 4.38. The van der Waals surface area contributed by atoms with E-state index in [9.17, 15) is 9.59 Å². The van der Waals surface area contributed by atoms with Gasteiger partial charge in [-0.3, -0.25) is 19.0 Å². The number of H-pyrrole nitrogens is 1. The summed E-state index contributed by atoms with van der Waals surface area (Å²) in [6, 6.07) is 0. The van der Waals surface area contributed by atoms with Crippen molar-refractivity contribution < 1.29 is 0 Å². The Morgan fingerprint density at radius 1 is 1.40 bits per heavy atom. The van der Waals surface area contributed by atoms with Gasteiger partial charge in [-0.1, -0.05) is 6.92 Å². The lowest BCUT2D eigenvalue weighted by molar-refractivity contribution is 0.643. The van der Waals surface area contributed by atoms with E-state index in [1.165, 1.54) is 4.57 Å². The van der Waals surface area contributed by atoms with Crippen molar-refractivity contribution in [2.75, 3.05) is 11.1 Å². The number of aromatic nitrogens is 4. The van der Waals surface area contributed by atoms with E-state index < -0.39 is 11.2 Å². The zero-order valence-corrected chi connectivity index (χ0v) is 11.5. The lowest BCUT2D eigenvalue weighted by Crippen LogP contribution is -2.33. The molecule has 0 saturated heterocycles. The Hall–Kier alpha value is -2.51. The van der Waals surface area contributed by atoms with E-state index >= 15 is 0 Å². The summed E-state index contributed by atoms with van der Waals surface area (Å²) in [5, 5.41) is 7.01. The van der Waals surface area contributed by atoms with Gasteiger partial charge in [0.1, 0.15) is 11.5 Å². The van der Waals surface area contributed by atoms with E-state index in [0.717, 1.165) is 13.0 Å². The number of nitrogen functional groups attached to an aromatic ring is 1. The number of nitrogens with zero attached hydrogens (tertiary/aromatic N) is 3. The molecule has 0 spiro atoms. The maximum absolute atomic E-state index is 11.9. The van der Waals surface area contributed by atoms with Crippen LogP contribution in [0.5, 0.6) is 0 Å². The third-order valence-electron chi connectivity index (χ3n) is 2.91. The van der Waals surface area contributed by atoms with Gasteiger partial charge in [0.05, 0.1) is 11.9 Å². The monoisotopic (exact) mass is 278 g/mol. The third-order valence-corrected chi connectivity index (χ3v) is 2.91. The van der Waals surface area contributed by atoms with Gasteiger partial charge in [-0.15, -0.1) is 0 Å². The van der Waals surface area contributed by atoms with Crippen molar-refractivity contribution in [3.05, 3.63) is 33.2 Å². The zero-order valence-electron chi connectivity index (χ0n) is 11.5. The highest BCUT2D eigenvalue weighted by Gasteiger charge is 2.12. The SMILES string of the molecule is CCCn1c(N)c(Nc2cnn(CC)c2)c(=O)[nH]c1=O. The van der Waals surface area contributed by atoms with E-state index in [-0.39, 0.29) is 11.5 Å². The number of rotatable bonds is 5. The van der Waals surface area contributed by atoms with E-state index in [1.54, 1.807) is 17.1 Å². The summed E-state index contributed by atoms with van der Waals surface area (Å²) >= 11 is 0. The molecule has 2 aromatic rings. The Labute approximate surface area is 115 Å². The molecular weight excluding hydrogens is 260 g/mol. The molecule has 4 N–H and O–H groups in total. The summed E-state index contributed by atoms with van der Waals surface area (Å²) in [6.45, 7) is 5.06. The van der Waals surface area contributed by atoms with Crippen molar-refractivity contribution in [3.8, 4) is 0 Å². The smallest absolute Gasteiger partial charge is 0.330 e. The lowest BCUT2D eigenvalue weighted by atomic mass is 10.4. The van der Waals surface area contributed by atoms with E-state index in [0.29, 0.717) is 12.2 Å². The highest BCUT2D eigenvalue weighted by molar-refractivity contribution is 5.68. The number of hydrogen-bond donors (Lipinski definition) is 3. The normalized spacial score (nSPS) is 10.7. The number of aromatic amines is 1. The van der Waals surface area contributed by atoms with Gasteiger partial charge >= 0.3 is 5.69 Å². The molecule has 0 amide bonds. The standard InChI is InChI=1S/C12H18N6O2/c1-3-5-18-10(13)9(11(19)16-12(18)20)15-8-6-14-17(4-2)7-8/h6-7,15H,3-5,13H2,1-2H3,(H,16,19,20). The molecule has 0 saturated carbocycles. The van der Waals surface area contributed by atoms with Crippen LogP contribution in [-0.4, -0.2) is 19.3 Å². The fourth-order valence-corrected chi connectivity index (χ4v) is 1.90. The number of hydrogen-bond acceptors (Lipinski definition) is 5. The summed E-state index contributed by atoms with van der Waals surface area (Å²) in [6.07, 6.45) is 4.09. The Balaban J connectivity index is 2.43. The minimum absolute atomic E-state index is 0.129. The largest absolute Gasteiger partial charge is 0.383 e. The molecule has 8 nitrogen and oxygen atoms in total. The number of aryl methyl sites for hydroxylation is 1. The summed E-state index contributed by atoms with van der Waals surface area (Å²) in [5.74, 6) is 0.129. The molecule has 108 valence electrons. The second kappa shape index (κ2) is 5.64. The van der Waals surface area contributed by atoms with Crippen LogP contribution in [-0.2, 0) is 13.1 Å². The zero-order chi connectivity index (χ0) is 14.7. The van der Waals surface area contributed by atoms with Crippen LogP contribution in [0.25, 0.3) is 0 Å². The number of nitrogens with one attached hydrogen (secondary N) is 2. The fraction of sp³-hybridized carbons (Fsp3) is 0.417. The van der Waals surface area contributed by atoms with Crippen LogP contribution in [0.2, 0.25) is 0 Å². The average molecular weight is 278 g/mol. The molecule has 0 unspecified atom stereocenters. The molecule has 0 bridgehead atoms. The lowest BCUT2D eigenvalue weighted by Gasteiger charge is -2.12. The van der Waals surface area contributed by atoms with Gasteiger partial charge in [-0.25, -0.2) is 4.79 Å². The van der Waals surface area contributed by atoms with Gasteiger partial charge in [0.2, 0.25) is 0 Å². The van der Waals surface area contributed by atoms with Crippen molar-refractivity contribution in [3.63, 3.8) is 0 Å². The maximum atomic E-state index is 11.9. The quantitative estimate of drug-likeness (QED) is 0.737. The number of anilines is 3. The molecule has 0 aromatic carbocycles. The highest BCUT2D eigenvalue weighted by atomic mass is 16.2. The van der Waals surface area contributed by atoms with Gasteiger partial charge in [-0.05, 0) is 13.3 Å². The molecule has 2 rings (SSSR count). The first-order valence-corrected chi connectivity index (χ1v) is 6.48. The first-order valence-electron chi connectivity index (χ1n) is 6.48. The van der Waals surface area contributed by atoms with Crippen LogP contribution in [0.3, 0.4) is 0 Å². The third kappa shape index (κ3) is 2.58. The molecule has 0 fully saturated rings. The summed E-state index contributed by atoms with van der Waals surface area (Å²) in [7, 11) is 0. The van der Waals surface area contributed by atoms with Crippen molar-refractivity contribution in [1.82, 2.24) is 19.3 Å². The second-order valence-electron chi connectivity index (χ2n) is 4.38. The van der Waals surface area contributed by atoms with Gasteiger partial charge in [0, 0.05) is 19.3 Å². The average Bonchev–Trinajstić information content (AvgIpc) is 2.87. The van der Waals surface area contributed by atoms with Crippen LogP contribution in [0, 0.1) is 0 Å². The van der Waals surface area contributed by atoms with E-state index in [4.69, 9.17) is 5.73 Å². The molecule has 0 aliphatic carbocycles. The summed E-state index contributed by atoms with van der Waals surface area (Å²) < 4.78 is 3.06. The van der Waals surface area contributed by atoms with E-state index in [1.807, 2.05) is 13.8 Å². The van der Waals surface area contributed by atoms with E-state index in [2.05, 4.69) is 15.4 Å². The molecular formula is C12H18N6O2. The topological polar surface area (TPSA) is 111 Å². The Kier molecular flexibility index (Phi) is 3.92. The summed E-state index contributed by atoms with van der Waals surface area (Å²) in [4.78, 5) is 25.8. The molecule has 2 heterocycles. The Morgan fingerprint density at radius 2 is 2.15 bits per heavy atom. The van der Waals surface area contributed by atoms with Gasteiger partial charge in [0.25, 0.3) is 5.56 Å². The minimum atomic E-state index is -0.538. The van der Waals surface area contributed by atoms with Crippen LogP contribution < -0.4 is 22.3 Å². The Morgan fingerprint density at radius 3 is 2.75 bits per heavy atom. The number of nitrogens with two attached hydrogens (primary N) is 1. The van der Waals surface area contributed by atoms with Crippen molar-refractivity contribution >= 4 is 17.2 Å². The van der Waals surface area contributed by atoms with Gasteiger partial charge < -0.3 is 11.1 Å². The molecule has 2 aromatic heterocycles. The van der Waals surface area contributed by atoms with Crippen LogP contribution in [0.15, 0.2) is 22.0 Å². The van der Waals surface area contributed by atoms with Gasteiger partial charge in [-0.2, -0.15) is 5.10 Å². The van der Waals surface area contributed by atoms with Crippen molar-refractivity contribution in [2.24, 2.45) is 0 Å². The fourth-order valence-electron chi connectivity index (χ4n) is 1.90. The molecule has 8 heteroatoms. The van der Waals surface area contributed by atoms with Gasteiger partial charge in [0.15, 0.2) is 0 Å². The molecule has 0 aliphatic heterocycles. The predicted molar refractivity (Wildman–Crippen MR) is 77.2 cm³/mol. The Bertz CT molecular complexity index is 711. The first-order chi connectivity index (χ1) is 9.56. The van der Waals surface area contributed by atoms with Crippen LogP contribution in [0.1, 0.15) is 20.3 Å². The summed E-state index contributed by atoms with van der Waals surface area (Å²) in [5.41, 5.74) is 5.68. The molecule has 20 heavy (non-hydrogen) atoms. The minimum Gasteiger partial charge on any atom is -0.383 e. The van der Waals surface area contributed by atoms with Crippen LogP contribution in [0.4, 0.5) is 17.2 Å². The van der Waals surface area contributed by atoms with Crippen LogP contribution >= 0.6 is 0 Å². The molecule has 0 radical (unpaired) electrons. The first kappa shape index (κ1) is 13.9. The highest BCUT2D eigenvalue weighted by Crippen LogP contribution is 2.17. The maximum Gasteiger partial charge on any atom is 0.330 e. The van der Waals surface area contributed by atoms with Crippen molar-refractivity contribution in [2.45, 2.75) is 33.4 Å².